The van der Waals surface area contributed by atoms with E-state index in [1.54, 1.807) is 36.6 Å². The van der Waals surface area contributed by atoms with E-state index < -0.39 is 10.0 Å². The molecule has 3 aromatic carbocycles. The summed E-state index contributed by atoms with van der Waals surface area (Å²) in [5.41, 5.74) is 2.23. The second kappa shape index (κ2) is 8.44. The smallest absolute Gasteiger partial charge is 0.262 e. The van der Waals surface area contributed by atoms with E-state index in [2.05, 4.69) is 9.71 Å². The van der Waals surface area contributed by atoms with Crippen LogP contribution in [-0.2, 0) is 10.0 Å². The minimum atomic E-state index is -3.79. The summed E-state index contributed by atoms with van der Waals surface area (Å²) in [7, 11) is 0.791. The summed E-state index contributed by atoms with van der Waals surface area (Å²) in [6.45, 7) is 0. The van der Waals surface area contributed by atoms with Crippen LogP contribution in [0.4, 0.5) is 5.69 Å². The van der Waals surface area contributed by atoms with E-state index in [9.17, 15) is 8.42 Å². The number of aromatic nitrogens is 1. The Morgan fingerprint density at radius 1 is 0.839 bits per heavy atom. The van der Waals surface area contributed by atoms with Gasteiger partial charge in [0.1, 0.15) is 10.8 Å². The average molecular weight is 457 g/mol. The fourth-order valence-electron chi connectivity index (χ4n) is 3.03. The van der Waals surface area contributed by atoms with E-state index in [1.165, 1.54) is 26.4 Å². The van der Waals surface area contributed by atoms with Gasteiger partial charge in [-0.3, -0.25) is 4.72 Å². The lowest BCUT2D eigenvalue weighted by molar-refractivity contribution is 0.354. The van der Waals surface area contributed by atoms with Crippen molar-refractivity contribution in [3.8, 4) is 27.8 Å². The van der Waals surface area contributed by atoms with Crippen molar-refractivity contribution in [1.29, 1.82) is 0 Å². The van der Waals surface area contributed by atoms with Gasteiger partial charge in [0.05, 0.1) is 36.4 Å². The van der Waals surface area contributed by atoms with E-state index in [0.717, 1.165) is 26.5 Å². The highest BCUT2D eigenvalue weighted by molar-refractivity contribution is 7.92. The number of ether oxygens (including phenoxy) is 3. The molecule has 0 unspecified atom stereocenters. The molecule has 31 heavy (non-hydrogen) atoms. The largest absolute Gasteiger partial charge is 0.497 e. The van der Waals surface area contributed by atoms with Crippen molar-refractivity contribution in [2.24, 2.45) is 0 Å². The molecule has 0 bridgehead atoms. The first-order valence-electron chi connectivity index (χ1n) is 9.23. The van der Waals surface area contributed by atoms with Gasteiger partial charge in [-0.05, 0) is 54.6 Å². The molecule has 0 spiro atoms. The van der Waals surface area contributed by atoms with E-state index >= 15 is 0 Å². The average Bonchev–Trinajstić information content (AvgIpc) is 3.22. The highest BCUT2D eigenvalue weighted by Gasteiger charge is 2.17. The highest BCUT2D eigenvalue weighted by atomic mass is 32.2. The van der Waals surface area contributed by atoms with Crippen LogP contribution in [0.5, 0.6) is 17.2 Å². The standard InChI is InChI=1S/C22H20N2O5S2/c1-27-16-8-10-18-21(12-16)30-22(23-18)14-4-6-15(7-5-14)24-31(25,26)17-9-11-19(28-2)20(13-17)29-3/h4-13,24H,1-3H3. The summed E-state index contributed by atoms with van der Waals surface area (Å²) in [4.78, 5) is 4.72. The van der Waals surface area contributed by atoms with Crippen molar-refractivity contribution in [3.05, 3.63) is 60.7 Å². The molecule has 0 radical (unpaired) electrons. The Morgan fingerprint density at radius 2 is 1.58 bits per heavy atom. The summed E-state index contributed by atoms with van der Waals surface area (Å²) in [6, 6.07) is 17.3. The number of nitrogens with zero attached hydrogens (tertiary/aromatic N) is 1. The second-order valence-corrected chi connectivity index (χ2v) is 9.27. The molecule has 9 heteroatoms. The molecule has 1 heterocycles. The Morgan fingerprint density at radius 3 is 2.26 bits per heavy atom. The lowest BCUT2D eigenvalue weighted by Gasteiger charge is -2.12. The predicted octanol–water partition coefficient (Wildman–Crippen LogP) is 4.79. The highest BCUT2D eigenvalue weighted by Crippen LogP contribution is 2.33. The van der Waals surface area contributed by atoms with Gasteiger partial charge < -0.3 is 14.2 Å². The van der Waals surface area contributed by atoms with Gasteiger partial charge in [-0.1, -0.05) is 0 Å². The normalized spacial score (nSPS) is 11.3. The molecule has 4 aromatic rings. The minimum Gasteiger partial charge on any atom is -0.497 e. The molecular weight excluding hydrogens is 436 g/mol. The van der Waals surface area contributed by atoms with Gasteiger partial charge in [-0.15, -0.1) is 11.3 Å². The topological polar surface area (TPSA) is 86.8 Å². The predicted molar refractivity (Wildman–Crippen MR) is 122 cm³/mol. The molecule has 1 N–H and O–H groups in total. The molecule has 0 amide bonds. The van der Waals surface area contributed by atoms with Gasteiger partial charge in [-0.25, -0.2) is 13.4 Å². The third kappa shape index (κ3) is 4.28. The molecule has 0 saturated carbocycles. The molecule has 0 saturated heterocycles. The summed E-state index contributed by atoms with van der Waals surface area (Å²) in [5.74, 6) is 1.58. The fraction of sp³-hybridized carbons (Fsp3) is 0.136. The maximum Gasteiger partial charge on any atom is 0.262 e. The molecule has 0 fully saturated rings. The summed E-state index contributed by atoms with van der Waals surface area (Å²) < 4.78 is 44.8. The van der Waals surface area contributed by atoms with Gasteiger partial charge in [0.15, 0.2) is 11.5 Å². The minimum absolute atomic E-state index is 0.0781. The number of hydrogen-bond donors (Lipinski definition) is 1. The number of benzene rings is 3. The van der Waals surface area contributed by atoms with Crippen LogP contribution in [0.2, 0.25) is 0 Å². The van der Waals surface area contributed by atoms with Crippen LogP contribution in [0.25, 0.3) is 20.8 Å². The Labute approximate surface area is 184 Å². The van der Waals surface area contributed by atoms with Gasteiger partial charge in [0.2, 0.25) is 0 Å². The molecule has 0 aliphatic carbocycles. The Hall–Kier alpha value is -3.30. The third-order valence-corrected chi connectivity index (χ3v) is 7.09. The Balaban J connectivity index is 1.57. The Bertz CT molecular complexity index is 1330. The molecule has 0 aliphatic rings. The Kier molecular flexibility index (Phi) is 5.71. The lowest BCUT2D eigenvalue weighted by Crippen LogP contribution is -2.13. The molecule has 4 rings (SSSR count). The molecule has 0 atom stereocenters. The SMILES string of the molecule is COc1ccc2nc(-c3ccc(NS(=O)(=O)c4ccc(OC)c(OC)c4)cc3)sc2c1. The molecular formula is C22H20N2O5S2. The second-order valence-electron chi connectivity index (χ2n) is 6.55. The number of nitrogens with one attached hydrogen (secondary N) is 1. The molecule has 160 valence electrons. The van der Waals surface area contributed by atoms with Crippen LogP contribution in [0.1, 0.15) is 0 Å². The van der Waals surface area contributed by atoms with Crippen molar-refractivity contribution >= 4 is 37.3 Å². The number of sulfonamides is 1. The van der Waals surface area contributed by atoms with Gasteiger partial charge >= 0.3 is 0 Å². The number of thiazole rings is 1. The first-order chi connectivity index (χ1) is 14.9. The van der Waals surface area contributed by atoms with E-state index in [0.29, 0.717) is 17.2 Å². The van der Waals surface area contributed by atoms with Gasteiger partial charge in [0, 0.05) is 17.3 Å². The maximum absolute atomic E-state index is 12.8. The van der Waals surface area contributed by atoms with Crippen LogP contribution in [0, 0.1) is 0 Å². The zero-order valence-electron chi connectivity index (χ0n) is 17.1. The number of fused-ring (bicyclic) bond motifs is 1. The van der Waals surface area contributed by atoms with Crippen LogP contribution in [0.15, 0.2) is 65.6 Å². The van der Waals surface area contributed by atoms with Crippen molar-refractivity contribution in [2.45, 2.75) is 4.90 Å². The number of rotatable bonds is 7. The van der Waals surface area contributed by atoms with Crippen LogP contribution in [0.3, 0.4) is 0 Å². The zero-order valence-corrected chi connectivity index (χ0v) is 18.7. The zero-order chi connectivity index (χ0) is 22.0. The van der Waals surface area contributed by atoms with Crippen molar-refractivity contribution in [1.82, 2.24) is 4.98 Å². The quantitative estimate of drug-likeness (QED) is 0.430. The van der Waals surface area contributed by atoms with Crippen LogP contribution < -0.4 is 18.9 Å². The molecule has 1 aromatic heterocycles. The van der Waals surface area contributed by atoms with Crippen LogP contribution >= 0.6 is 11.3 Å². The number of anilines is 1. The van der Waals surface area contributed by atoms with Gasteiger partial charge in [0.25, 0.3) is 10.0 Å². The first kappa shape index (κ1) is 21.0. The first-order valence-corrected chi connectivity index (χ1v) is 11.5. The molecule has 7 nitrogen and oxygen atoms in total. The third-order valence-electron chi connectivity index (χ3n) is 4.64. The van der Waals surface area contributed by atoms with E-state index in [-0.39, 0.29) is 4.90 Å². The molecule has 0 aliphatic heterocycles. The fourth-order valence-corrected chi connectivity index (χ4v) is 5.11. The summed E-state index contributed by atoms with van der Waals surface area (Å²) in [6.07, 6.45) is 0. The monoisotopic (exact) mass is 456 g/mol. The summed E-state index contributed by atoms with van der Waals surface area (Å²) in [5, 5.41) is 0.845. The maximum atomic E-state index is 12.8. The summed E-state index contributed by atoms with van der Waals surface area (Å²) >= 11 is 1.55. The number of methoxy groups -OCH3 is 3. The van der Waals surface area contributed by atoms with Crippen molar-refractivity contribution < 1.29 is 22.6 Å². The van der Waals surface area contributed by atoms with Crippen molar-refractivity contribution in [2.75, 3.05) is 26.1 Å². The lowest BCUT2D eigenvalue weighted by atomic mass is 10.2. The van der Waals surface area contributed by atoms with Crippen LogP contribution in [-0.4, -0.2) is 34.7 Å². The van der Waals surface area contributed by atoms with E-state index in [4.69, 9.17) is 14.2 Å². The van der Waals surface area contributed by atoms with Gasteiger partial charge in [-0.2, -0.15) is 0 Å². The number of hydrogen-bond acceptors (Lipinski definition) is 7. The van der Waals surface area contributed by atoms with Crippen molar-refractivity contribution in [3.63, 3.8) is 0 Å². The van der Waals surface area contributed by atoms with E-state index in [1.807, 2.05) is 30.3 Å².